The molecule has 0 N–H and O–H groups in total. The number of hydrogen-bond donors (Lipinski definition) is 0. The molecule has 0 spiro atoms. The average Bonchev–Trinajstić information content (AvgIpc) is 1.78. The van der Waals surface area contributed by atoms with Gasteiger partial charge in [0.15, 0.2) is 0 Å². The normalized spacial score (nSPS) is 10.9. The summed E-state index contributed by atoms with van der Waals surface area (Å²) in [6, 6.07) is 2.99. The Kier molecular flexibility index (Phi) is 6.41. The Bertz CT molecular complexity index is 423. The van der Waals surface area contributed by atoms with Gasteiger partial charge in [0.2, 0.25) is 0 Å². The van der Waals surface area contributed by atoms with E-state index in [1.54, 1.807) is 0 Å². The Morgan fingerprint density at radius 3 is 1.71 bits per heavy atom. The van der Waals surface area contributed by atoms with Gasteiger partial charge in [0.1, 0.15) is 10.1 Å². The summed E-state index contributed by atoms with van der Waals surface area (Å²) in [6.45, 7) is 0. The Balaban J connectivity index is 0.00000169. The van der Waals surface area contributed by atoms with Crippen molar-refractivity contribution in [1.82, 2.24) is 0 Å². The van der Waals surface area contributed by atoms with E-state index in [9.17, 15) is 13.0 Å². The first-order valence-corrected chi connectivity index (χ1v) is 6.71. The third-order valence-electron chi connectivity index (χ3n) is 1.21. The molecule has 0 aliphatic rings. The molecule has 72 valence electrons. The molecule has 1 aromatic carbocycles. The third-order valence-corrected chi connectivity index (χ3v) is 4.39. The molecule has 3 nitrogen and oxygen atoms in total. The maximum Gasteiger partial charge on any atom is 1.00 e. The minimum atomic E-state index is -4.45. The van der Waals surface area contributed by atoms with Gasteiger partial charge in [-0.1, -0.05) is 15.9 Å². The summed E-state index contributed by atoms with van der Waals surface area (Å²) in [6.07, 6.45) is 0. The fraction of sp³-hybridized carbons (Fsp3) is 0. The zero-order chi connectivity index (χ0) is 10.2. The van der Waals surface area contributed by atoms with Crippen molar-refractivity contribution in [1.29, 1.82) is 0 Å². The van der Waals surface area contributed by atoms with Gasteiger partial charge < -0.3 is 4.55 Å². The molecule has 0 amide bonds. The van der Waals surface area contributed by atoms with E-state index in [1.807, 2.05) is 0 Å². The summed E-state index contributed by atoms with van der Waals surface area (Å²) in [5.74, 6) is 0. The number of hydrogen-bond acceptors (Lipinski definition) is 3. The summed E-state index contributed by atoms with van der Waals surface area (Å²) in [5.41, 5.74) is 0. The Morgan fingerprint density at radius 2 is 1.43 bits per heavy atom. The van der Waals surface area contributed by atoms with Crippen LogP contribution < -0.4 is 29.6 Å². The molecule has 0 bridgehead atoms. The van der Waals surface area contributed by atoms with E-state index in [-0.39, 0.29) is 43.4 Å². The second kappa shape index (κ2) is 5.77. The SMILES string of the molecule is O=S(=O)([O-])c1c(Br)cc(Br)cc1Br.[Na+]. The van der Waals surface area contributed by atoms with Crippen LogP contribution in [-0.2, 0) is 10.1 Å². The number of halogens is 3. The molecule has 1 rings (SSSR count). The smallest absolute Gasteiger partial charge is 0.744 e. The van der Waals surface area contributed by atoms with Gasteiger partial charge in [-0.25, -0.2) is 8.42 Å². The van der Waals surface area contributed by atoms with Gasteiger partial charge in [0.05, 0.1) is 4.90 Å². The van der Waals surface area contributed by atoms with E-state index in [4.69, 9.17) is 0 Å². The van der Waals surface area contributed by atoms with Gasteiger partial charge >= 0.3 is 29.6 Å². The summed E-state index contributed by atoms with van der Waals surface area (Å²) in [4.78, 5) is -0.282. The molecule has 0 saturated carbocycles. The van der Waals surface area contributed by atoms with E-state index < -0.39 is 10.1 Å². The predicted octanol–water partition coefficient (Wildman–Crippen LogP) is -0.118. The van der Waals surface area contributed by atoms with Crippen molar-refractivity contribution in [2.24, 2.45) is 0 Å². The van der Waals surface area contributed by atoms with E-state index >= 15 is 0 Å². The monoisotopic (exact) mass is 414 g/mol. The molecule has 0 aliphatic heterocycles. The van der Waals surface area contributed by atoms with Crippen molar-refractivity contribution in [3.05, 3.63) is 25.6 Å². The van der Waals surface area contributed by atoms with Gasteiger partial charge in [0, 0.05) is 13.4 Å². The van der Waals surface area contributed by atoms with Crippen LogP contribution in [0.15, 0.2) is 30.4 Å². The molecule has 0 atom stereocenters. The fourth-order valence-corrected chi connectivity index (χ4v) is 4.81. The van der Waals surface area contributed by atoms with Gasteiger partial charge in [0.25, 0.3) is 0 Å². The molecule has 0 fully saturated rings. The van der Waals surface area contributed by atoms with Crippen molar-refractivity contribution in [2.75, 3.05) is 0 Å². The van der Waals surface area contributed by atoms with E-state index in [0.29, 0.717) is 4.47 Å². The van der Waals surface area contributed by atoms with Crippen LogP contribution in [0.2, 0.25) is 0 Å². The van der Waals surface area contributed by atoms with Crippen LogP contribution in [0.25, 0.3) is 0 Å². The molecule has 1 aromatic rings. The third kappa shape index (κ3) is 3.86. The van der Waals surface area contributed by atoms with Crippen molar-refractivity contribution in [3.8, 4) is 0 Å². The van der Waals surface area contributed by atoms with Gasteiger partial charge in [-0.15, -0.1) is 0 Å². The molecule has 0 aromatic heterocycles. The minimum absolute atomic E-state index is 0. The maximum atomic E-state index is 10.8. The van der Waals surface area contributed by atoms with Crippen LogP contribution in [0.1, 0.15) is 0 Å². The van der Waals surface area contributed by atoms with Crippen LogP contribution in [0, 0.1) is 0 Å². The number of rotatable bonds is 1. The van der Waals surface area contributed by atoms with Crippen molar-refractivity contribution < 1.29 is 42.5 Å². The fourth-order valence-electron chi connectivity index (χ4n) is 0.768. The van der Waals surface area contributed by atoms with Crippen LogP contribution in [0.3, 0.4) is 0 Å². The van der Waals surface area contributed by atoms with Crippen LogP contribution >= 0.6 is 47.8 Å². The molecule has 0 heterocycles. The Morgan fingerprint density at radius 1 is 1.07 bits per heavy atom. The van der Waals surface area contributed by atoms with E-state index in [1.165, 1.54) is 12.1 Å². The first kappa shape index (κ1) is 15.6. The topological polar surface area (TPSA) is 57.2 Å². The van der Waals surface area contributed by atoms with Gasteiger partial charge in [-0.2, -0.15) is 0 Å². The quantitative estimate of drug-likeness (QED) is 0.474. The summed E-state index contributed by atoms with van der Waals surface area (Å²) < 4.78 is 33.4. The van der Waals surface area contributed by atoms with Gasteiger partial charge in [-0.3, -0.25) is 0 Å². The number of benzene rings is 1. The first-order chi connectivity index (χ1) is 5.82. The first-order valence-electron chi connectivity index (χ1n) is 2.93. The van der Waals surface area contributed by atoms with Crippen molar-refractivity contribution in [3.63, 3.8) is 0 Å². The maximum absolute atomic E-state index is 10.8. The minimum Gasteiger partial charge on any atom is -0.744 e. The van der Waals surface area contributed by atoms with Crippen molar-refractivity contribution in [2.45, 2.75) is 4.90 Å². The van der Waals surface area contributed by atoms with Crippen LogP contribution in [-0.4, -0.2) is 13.0 Å². The van der Waals surface area contributed by atoms with Gasteiger partial charge in [-0.05, 0) is 44.0 Å². The second-order valence-electron chi connectivity index (χ2n) is 2.15. The Hall–Kier alpha value is 1.57. The summed E-state index contributed by atoms with van der Waals surface area (Å²) in [7, 11) is -4.45. The molecule has 0 unspecified atom stereocenters. The molecule has 8 heteroatoms. The predicted molar refractivity (Wildman–Crippen MR) is 57.5 cm³/mol. The molecule has 0 aliphatic carbocycles. The Labute approximate surface area is 129 Å². The zero-order valence-electron chi connectivity index (χ0n) is 6.92. The summed E-state index contributed by atoms with van der Waals surface area (Å²) in [5, 5.41) is 0. The van der Waals surface area contributed by atoms with Crippen LogP contribution in [0.4, 0.5) is 0 Å². The van der Waals surface area contributed by atoms with Crippen LogP contribution in [0.5, 0.6) is 0 Å². The molecule has 0 saturated heterocycles. The second-order valence-corrected chi connectivity index (χ2v) is 6.09. The zero-order valence-corrected chi connectivity index (χ0v) is 14.5. The van der Waals surface area contributed by atoms with Crippen molar-refractivity contribution >= 4 is 57.9 Å². The summed E-state index contributed by atoms with van der Waals surface area (Å²) >= 11 is 9.15. The molecular formula is C6H2Br3NaO3S. The standard InChI is InChI=1S/C6H3Br3O3S.Na/c7-3-1-4(8)6(5(9)2-3)13(10,11)12;/h1-2H,(H,10,11,12);/q;+1/p-1. The average molecular weight is 417 g/mol. The van der Waals surface area contributed by atoms with E-state index in [2.05, 4.69) is 47.8 Å². The molecule has 0 radical (unpaired) electrons. The molecule has 14 heavy (non-hydrogen) atoms. The largest absolute Gasteiger partial charge is 1.00 e. The molecular weight excluding hydrogens is 415 g/mol. The van der Waals surface area contributed by atoms with E-state index in [0.717, 1.165) is 0 Å².